The molecule has 88 valence electrons. The van der Waals surface area contributed by atoms with Gasteiger partial charge < -0.3 is 10.4 Å². The van der Waals surface area contributed by atoms with Crippen LogP contribution in [-0.4, -0.2) is 22.4 Å². The monoisotopic (exact) mass is 241 g/mol. The van der Waals surface area contributed by atoms with Crippen molar-refractivity contribution in [3.63, 3.8) is 0 Å². The van der Waals surface area contributed by atoms with Gasteiger partial charge in [0.15, 0.2) is 0 Å². The molecule has 1 aromatic rings. The molecule has 0 bridgehead atoms. The van der Waals surface area contributed by atoms with Crippen LogP contribution in [0.2, 0.25) is 0 Å². The maximum absolute atomic E-state index is 11.7. The lowest BCUT2D eigenvalue weighted by Crippen LogP contribution is -2.33. The van der Waals surface area contributed by atoms with Crippen molar-refractivity contribution >= 4 is 17.5 Å². The first kappa shape index (κ1) is 12.8. The summed E-state index contributed by atoms with van der Waals surface area (Å²) in [6.45, 7) is 3.79. The number of hydrogen-bond donors (Lipinski definition) is 2. The summed E-state index contributed by atoms with van der Waals surface area (Å²) >= 11 is 5.84. The van der Waals surface area contributed by atoms with Crippen LogP contribution in [0.5, 0.6) is 5.75 Å². The van der Waals surface area contributed by atoms with Gasteiger partial charge in [0, 0.05) is 17.0 Å². The molecule has 2 atom stereocenters. The quantitative estimate of drug-likeness (QED) is 0.796. The van der Waals surface area contributed by atoms with Gasteiger partial charge in [0.05, 0.1) is 0 Å². The minimum atomic E-state index is -0.194. The smallest absolute Gasteiger partial charge is 0.251 e. The average Bonchev–Trinajstić information content (AvgIpc) is 2.16. The number of phenolic OH excluding ortho intramolecular Hbond substituents is 1. The molecule has 0 aliphatic heterocycles. The minimum Gasteiger partial charge on any atom is -0.508 e. The fraction of sp³-hybridized carbons (Fsp3) is 0.417. The van der Waals surface area contributed by atoms with E-state index in [-0.39, 0.29) is 23.1 Å². The molecule has 0 aliphatic rings. The molecular weight excluding hydrogens is 226 g/mol. The fourth-order valence-electron chi connectivity index (χ4n) is 1.50. The highest BCUT2D eigenvalue weighted by Gasteiger charge is 2.11. The van der Waals surface area contributed by atoms with Crippen LogP contribution in [0.4, 0.5) is 0 Å². The number of carbonyl (C=O) groups is 1. The molecule has 0 radical (unpaired) electrons. The lowest BCUT2D eigenvalue weighted by molar-refractivity contribution is 0.0938. The standard InChI is InChI=1S/C12H16ClNO2/c1-8(13)6-9(2)14-12(16)10-4-3-5-11(15)7-10/h3-5,7-9,15H,6H2,1-2H3,(H,14,16). The van der Waals surface area contributed by atoms with Crippen molar-refractivity contribution in [3.05, 3.63) is 29.8 Å². The Morgan fingerprint density at radius 3 is 2.75 bits per heavy atom. The molecule has 0 saturated carbocycles. The molecule has 0 spiro atoms. The zero-order valence-electron chi connectivity index (χ0n) is 9.40. The van der Waals surface area contributed by atoms with Crippen LogP contribution in [0.15, 0.2) is 24.3 Å². The van der Waals surface area contributed by atoms with Gasteiger partial charge in [-0.3, -0.25) is 4.79 Å². The number of alkyl halides is 1. The van der Waals surface area contributed by atoms with Crippen LogP contribution < -0.4 is 5.32 Å². The highest BCUT2D eigenvalue weighted by atomic mass is 35.5. The summed E-state index contributed by atoms with van der Waals surface area (Å²) in [5.74, 6) is -0.105. The topological polar surface area (TPSA) is 49.3 Å². The van der Waals surface area contributed by atoms with E-state index in [4.69, 9.17) is 11.6 Å². The van der Waals surface area contributed by atoms with E-state index in [9.17, 15) is 9.90 Å². The predicted octanol–water partition coefficient (Wildman–Crippen LogP) is 2.53. The van der Waals surface area contributed by atoms with Crippen LogP contribution in [-0.2, 0) is 0 Å². The summed E-state index contributed by atoms with van der Waals surface area (Å²) in [7, 11) is 0. The third-order valence-electron chi connectivity index (χ3n) is 2.16. The Bertz CT molecular complexity index is 366. The number of aromatic hydroxyl groups is 1. The van der Waals surface area contributed by atoms with Gasteiger partial charge in [-0.25, -0.2) is 0 Å². The van der Waals surface area contributed by atoms with E-state index in [0.29, 0.717) is 12.0 Å². The van der Waals surface area contributed by atoms with E-state index in [1.54, 1.807) is 12.1 Å². The SMILES string of the molecule is CC(Cl)CC(C)NC(=O)c1cccc(O)c1. The second-order valence-corrected chi connectivity index (χ2v) is 4.69. The van der Waals surface area contributed by atoms with Gasteiger partial charge in [-0.05, 0) is 38.5 Å². The summed E-state index contributed by atoms with van der Waals surface area (Å²) < 4.78 is 0. The number of carbonyl (C=O) groups excluding carboxylic acids is 1. The normalized spacial score (nSPS) is 14.2. The molecule has 0 aliphatic carbocycles. The van der Waals surface area contributed by atoms with Crippen LogP contribution >= 0.6 is 11.6 Å². The lowest BCUT2D eigenvalue weighted by atomic mass is 10.1. The van der Waals surface area contributed by atoms with E-state index >= 15 is 0 Å². The van der Waals surface area contributed by atoms with E-state index in [1.807, 2.05) is 13.8 Å². The van der Waals surface area contributed by atoms with Crippen molar-refractivity contribution in [1.29, 1.82) is 0 Å². The van der Waals surface area contributed by atoms with Gasteiger partial charge in [0.1, 0.15) is 5.75 Å². The predicted molar refractivity (Wildman–Crippen MR) is 65.0 cm³/mol. The molecule has 16 heavy (non-hydrogen) atoms. The number of nitrogens with one attached hydrogen (secondary N) is 1. The molecule has 0 aromatic heterocycles. The van der Waals surface area contributed by atoms with Crippen LogP contribution in [0, 0.1) is 0 Å². The lowest BCUT2D eigenvalue weighted by Gasteiger charge is -2.15. The van der Waals surface area contributed by atoms with Gasteiger partial charge >= 0.3 is 0 Å². The van der Waals surface area contributed by atoms with Gasteiger partial charge in [-0.1, -0.05) is 6.07 Å². The molecule has 4 heteroatoms. The molecule has 0 saturated heterocycles. The van der Waals surface area contributed by atoms with Crippen molar-refractivity contribution < 1.29 is 9.90 Å². The van der Waals surface area contributed by atoms with Crippen molar-refractivity contribution in [2.24, 2.45) is 0 Å². The summed E-state index contributed by atoms with van der Waals surface area (Å²) in [4.78, 5) is 11.7. The Morgan fingerprint density at radius 2 is 2.19 bits per heavy atom. The largest absolute Gasteiger partial charge is 0.508 e. The first-order chi connectivity index (χ1) is 7.49. The summed E-state index contributed by atoms with van der Waals surface area (Å²) in [5, 5.41) is 12.1. The number of amides is 1. The number of benzene rings is 1. The molecule has 0 fully saturated rings. The van der Waals surface area contributed by atoms with E-state index < -0.39 is 0 Å². The number of phenols is 1. The molecule has 1 amide bonds. The maximum atomic E-state index is 11.7. The molecule has 2 N–H and O–H groups in total. The van der Waals surface area contributed by atoms with Crippen molar-refractivity contribution in [2.45, 2.75) is 31.7 Å². The van der Waals surface area contributed by atoms with Crippen molar-refractivity contribution in [3.8, 4) is 5.75 Å². The number of rotatable bonds is 4. The summed E-state index contributed by atoms with van der Waals surface area (Å²) in [5.41, 5.74) is 0.453. The Morgan fingerprint density at radius 1 is 1.50 bits per heavy atom. The first-order valence-corrected chi connectivity index (χ1v) is 5.66. The van der Waals surface area contributed by atoms with Gasteiger partial charge in [0.25, 0.3) is 5.91 Å². The van der Waals surface area contributed by atoms with E-state index in [0.717, 1.165) is 0 Å². The fourth-order valence-corrected chi connectivity index (χ4v) is 1.77. The van der Waals surface area contributed by atoms with Crippen LogP contribution in [0.3, 0.4) is 0 Å². The highest BCUT2D eigenvalue weighted by Crippen LogP contribution is 2.11. The van der Waals surface area contributed by atoms with Gasteiger partial charge in [-0.2, -0.15) is 0 Å². The Balaban J connectivity index is 2.59. The van der Waals surface area contributed by atoms with Crippen molar-refractivity contribution in [1.82, 2.24) is 5.32 Å². The third-order valence-corrected chi connectivity index (χ3v) is 2.34. The number of hydrogen-bond acceptors (Lipinski definition) is 2. The molecule has 1 aromatic carbocycles. The minimum absolute atomic E-state index is 0.0161. The highest BCUT2D eigenvalue weighted by molar-refractivity contribution is 6.20. The summed E-state index contributed by atoms with van der Waals surface area (Å²) in [6.07, 6.45) is 0.714. The van der Waals surface area contributed by atoms with Crippen molar-refractivity contribution in [2.75, 3.05) is 0 Å². The molecule has 3 nitrogen and oxygen atoms in total. The number of halogens is 1. The maximum Gasteiger partial charge on any atom is 0.251 e. The van der Waals surface area contributed by atoms with Gasteiger partial charge in [-0.15, -0.1) is 11.6 Å². The average molecular weight is 242 g/mol. The van der Waals surface area contributed by atoms with Crippen LogP contribution in [0.1, 0.15) is 30.6 Å². The molecule has 1 rings (SSSR count). The first-order valence-electron chi connectivity index (χ1n) is 5.23. The second kappa shape index (κ2) is 5.75. The molecule has 0 heterocycles. The Kier molecular flexibility index (Phi) is 4.62. The Hall–Kier alpha value is -1.22. The summed E-state index contributed by atoms with van der Waals surface area (Å²) in [6, 6.07) is 6.28. The van der Waals surface area contributed by atoms with E-state index in [2.05, 4.69) is 5.32 Å². The zero-order valence-corrected chi connectivity index (χ0v) is 10.2. The second-order valence-electron chi connectivity index (χ2n) is 3.94. The Labute approximate surface area is 100 Å². The van der Waals surface area contributed by atoms with E-state index in [1.165, 1.54) is 12.1 Å². The zero-order chi connectivity index (χ0) is 12.1. The molecule has 2 unspecified atom stereocenters. The van der Waals surface area contributed by atoms with Crippen LogP contribution in [0.25, 0.3) is 0 Å². The third kappa shape index (κ3) is 4.11. The van der Waals surface area contributed by atoms with Gasteiger partial charge in [0.2, 0.25) is 0 Å². The molecular formula is C12H16ClNO2.